The second-order valence-electron chi connectivity index (χ2n) is 5.50. The highest BCUT2D eigenvalue weighted by molar-refractivity contribution is 5.89. The van der Waals surface area contributed by atoms with Crippen LogP contribution in [0, 0.1) is 6.92 Å². The van der Waals surface area contributed by atoms with Gasteiger partial charge in [-0.3, -0.25) is 4.79 Å². The molecule has 0 bridgehead atoms. The summed E-state index contributed by atoms with van der Waals surface area (Å²) in [6.07, 6.45) is 3.40. The van der Waals surface area contributed by atoms with E-state index in [1.54, 1.807) is 36.1 Å². The predicted molar refractivity (Wildman–Crippen MR) is 94.7 cm³/mol. The Labute approximate surface area is 141 Å². The minimum Gasteiger partial charge on any atom is -0.496 e. The molecule has 1 aromatic heterocycles. The van der Waals surface area contributed by atoms with Gasteiger partial charge in [-0.15, -0.1) is 0 Å². The molecular weight excluding hydrogens is 306 g/mol. The van der Waals surface area contributed by atoms with Crippen molar-refractivity contribution in [2.45, 2.75) is 26.3 Å². The van der Waals surface area contributed by atoms with Crippen LogP contribution in [0.2, 0.25) is 0 Å². The van der Waals surface area contributed by atoms with Crippen LogP contribution in [0.3, 0.4) is 0 Å². The first-order valence-electron chi connectivity index (χ1n) is 7.95. The van der Waals surface area contributed by atoms with Crippen molar-refractivity contribution in [2.75, 3.05) is 19.0 Å². The van der Waals surface area contributed by atoms with Crippen LogP contribution in [0.1, 0.15) is 18.4 Å². The zero-order chi connectivity index (χ0) is 17.4. The largest absolute Gasteiger partial charge is 0.496 e. The van der Waals surface area contributed by atoms with Gasteiger partial charge in [0.2, 0.25) is 5.56 Å². The fraction of sp³-hybridized carbons (Fsp3) is 0.333. The third-order valence-electron chi connectivity index (χ3n) is 3.66. The topological polar surface area (TPSA) is 72.4 Å². The van der Waals surface area contributed by atoms with Crippen LogP contribution in [0.15, 0.2) is 47.4 Å². The first-order valence-corrected chi connectivity index (χ1v) is 7.95. The molecule has 2 amide bonds. The van der Waals surface area contributed by atoms with Crippen molar-refractivity contribution < 1.29 is 9.53 Å². The van der Waals surface area contributed by atoms with E-state index in [2.05, 4.69) is 10.6 Å². The van der Waals surface area contributed by atoms with Gasteiger partial charge in [-0.25, -0.2) is 4.79 Å². The van der Waals surface area contributed by atoms with Crippen LogP contribution in [-0.2, 0) is 6.54 Å². The molecule has 0 aliphatic rings. The van der Waals surface area contributed by atoms with Crippen molar-refractivity contribution in [3.05, 3.63) is 58.5 Å². The fourth-order valence-electron chi connectivity index (χ4n) is 2.39. The monoisotopic (exact) mass is 329 g/mol. The molecule has 1 aromatic carbocycles. The number of anilines is 1. The van der Waals surface area contributed by atoms with Gasteiger partial charge < -0.3 is 19.9 Å². The number of carbonyl (C=O) groups excluding carboxylic acids is 1. The van der Waals surface area contributed by atoms with Crippen molar-refractivity contribution in [3.63, 3.8) is 0 Å². The summed E-state index contributed by atoms with van der Waals surface area (Å²) in [5, 5.41) is 5.60. The molecule has 24 heavy (non-hydrogen) atoms. The number of benzene rings is 1. The highest BCUT2D eigenvalue weighted by Gasteiger charge is 2.04. The summed E-state index contributed by atoms with van der Waals surface area (Å²) in [7, 11) is 1.62. The maximum atomic E-state index is 11.9. The van der Waals surface area contributed by atoms with E-state index < -0.39 is 0 Å². The quantitative estimate of drug-likeness (QED) is 0.767. The number of methoxy groups -OCH3 is 1. The molecule has 2 aromatic rings. The lowest BCUT2D eigenvalue weighted by Crippen LogP contribution is -2.29. The molecule has 0 fully saturated rings. The SMILES string of the molecule is COc1ccc(NC(=O)NCCCCn2ccccc2=O)cc1C. The fourth-order valence-corrected chi connectivity index (χ4v) is 2.39. The first kappa shape index (κ1) is 17.6. The van der Waals surface area contributed by atoms with Crippen molar-refractivity contribution in [3.8, 4) is 5.75 Å². The lowest BCUT2D eigenvalue weighted by atomic mass is 10.2. The van der Waals surface area contributed by atoms with Crippen LogP contribution < -0.4 is 20.9 Å². The third kappa shape index (κ3) is 5.15. The zero-order valence-electron chi connectivity index (χ0n) is 14.0. The van der Waals surface area contributed by atoms with Gasteiger partial charge in [-0.1, -0.05) is 6.07 Å². The summed E-state index contributed by atoms with van der Waals surface area (Å²) in [6, 6.07) is 10.4. The summed E-state index contributed by atoms with van der Waals surface area (Å²) in [4.78, 5) is 23.4. The molecule has 6 heteroatoms. The molecule has 2 N–H and O–H groups in total. The van der Waals surface area contributed by atoms with E-state index in [1.165, 1.54) is 0 Å². The Morgan fingerprint density at radius 3 is 2.75 bits per heavy atom. The van der Waals surface area contributed by atoms with Gasteiger partial charge >= 0.3 is 6.03 Å². The zero-order valence-corrected chi connectivity index (χ0v) is 14.0. The number of carbonyl (C=O) groups is 1. The smallest absolute Gasteiger partial charge is 0.319 e. The Bertz CT molecular complexity index is 740. The van der Waals surface area contributed by atoms with Gasteiger partial charge in [0.1, 0.15) is 5.75 Å². The Morgan fingerprint density at radius 2 is 2.04 bits per heavy atom. The number of amides is 2. The molecule has 0 saturated heterocycles. The minimum atomic E-state index is -0.239. The number of aryl methyl sites for hydroxylation is 2. The molecule has 1 heterocycles. The van der Waals surface area contributed by atoms with E-state index in [0.717, 1.165) is 29.8 Å². The van der Waals surface area contributed by atoms with Crippen LogP contribution in [-0.4, -0.2) is 24.3 Å². The summed E-state index contributed by atoms with van der Waals surface area (Å²) in [5.41, 5.74) is 1.68. The Kier molecular flexibility index (Phi) is 6.42. The molecule has 0 aliphatic heterocycles. The Morgan fingerprint density at radius 1 is 1.21 bits per heavy atom. The number of unbranched alkanes of at least 4 members (excludes halogenated alkanes) is 1. The second-order valence-corrected chi connectivity index (χ2v) is 5.50. The van der Waals surface area contributed by atoms with E-state index in [-0.39, 0.29) is 11.6 Å². The van der Waals surface area contributed by atoms with Crippen LogP contribution in [0.25, 0.3) is 0 Å². The number of hydrogen-bond acceptors (Lipinski definition) is 3. The van der Waals surface area contributed by atoms with Crippen molar-refractivity contribution in [2.24, 2.45) is 0 Å². The van der Waals surface area contributed by atoms with Gasteiger partial charge in [0, 0.05) is 31.0 Å². The Balaban J connectivity index is 1.69. The number of aromatic nitrogens is 1. The number of nitrogens with one attached hydrogen (secondary N) is 2. The number of rotatable bonds is 7. The average molecular weight is 329 g/mol. The highest BCUT2D eigenvalue weighted by Crippen LogP contribution is 2.21. The molecule has 0 spiro atoms. The molecule has 0 aliphatic carbocycles. The second kappa shape index (κ2) is 8.76. The van der Waals surface area contributed by atoms with E-state index in [4.69, 9.17) is 4.74 Å². The average Bonchev–Trinajstić information content (AvgIpc) is 2.56. The summed E-state index contributed by atoms with van der Waals surface area (Å²) < 4.78 is 6.86. The minimum absolute atomic E-state index is 0.00178. The summed E-state index contributed by atoms with van der Waals surface area (Å²) in [5.74, 6) is 0.789. The van der Waals surface area contributed by atoms with Gasteiger partial charge in [-0.05, 0) is 49.6 Å². The molecule has 0 unspecified atom stereocenters. The maximum absolute atomic E-state index is 11.9. The number of hydrogen-bond donors (Lipinski definition) is 2. The van der Waals surface area contributed by atoms with Gasteiger partial charge in [0.05, 0.1) is 7.11 Å². The summed E-state index contributed by atoms with van der Waals surface area (Å²) in [6.45, 7) is 3.14. The number of urea groups is 1. The lowest BCUT2D eigenvalue weighted by molar-refractivity contribution is 0.252. The van der Waals surface area contributed by atoms with Crippen molar-refractivity contribution in [1.82, 2.24) is 9.88 Å². The van der Waals surface area contributed by atoms with E-state index in [1.807, 2.05) is 25.1 Å². The third-order valence-corrected chi connectivity index (χ3v) is 3.66. The van der Waals surface area contributed by atoms with Crippen molar-refractivity contribution >= 4 is 11.7 Å². The number of nitrogens with zero attached hydrogens (tertiary/aromatic N) is 1. The predicted octanol–water partition coefficient (Wildman–Crippen LogP) is 2.77. The molecule has 2 rings (SSSR count). The number of pyridine rings is 1. The summed E-state index contributed by atoms with van der Waals surface area (Å²) >= 11 is 0. The van der Waals surface area contributed by atoms with E-state index in [0.29, 0.717) is 13.1 Å². The molecule has 0 saturated carbocycles. The molecule has 128 valence electrons. The normalized spacial score (nSPS) is 10.2. The lowest BCUT2D eigenvalue weighted by Gasteiger charge is -2.10. The van der Waals surface area contributed by atoms with Crippen LogP contribution in [0.5, 0.6) is 5.75 Å². The van der Waals surface area contributed by atoms with Gasteiger partial charge in [0.15, 0.2) is 0 Å². The number of ether oxygens (including phenoxy) is 1. The van der Waals surface area contributed by atoms with Gasteiger partial charge in [-0.2, -0.15) is 0 Å². The van der Waals surface area contributed by atoms with Crippen LogP contribution >= 0.6 is 0 Å². The Hall–Kier alpha value is -2.76. The first-order chi connectivity index (χ1) is 11.6. The standard InChI is InChI=1S/C18H23N3O3/c1-14-13-15(8-9-16(14)24-2)20-18(23)19-10-4-6-12-21-11-5-3-7-17(21)22/h3,5,7-9,11,13H,4,6,10,12H2,1-2H3,(H2,19,20,23). The van der Waals surface area contributed by atoms with Gasteiger partial charge in [0.25, 0.3) is 0 Å². The van der Waals surface area contributed by atoms with E-state index >= 15 is 0 Å². The molecular formula is C18H23N3O3. The van der Waals surface area contributed by atoms with Crippen LogP contribution in [0.4, 0.5) is 10.5 Å². The molecule has 6 nitrogen and oxygen atoms in total. The van der Waals surface area contributed by atoms with Crippen molar-refractivity contribution in [1.29, 1.82) is 0 Å². The molecule has 0 radical (unpaired) electrons. The maximum Gasteiger partial charge on any atom is 0.319 e. The molecule has 0 atom stereocenters. The van der Waals surface area contributed by atoms with E-state index in [9.17, 15) is 9.59 Å². The highest BCUT2D eigenvalue weighted by atomic mass is 16.5.